The number of rotatable bonds is 7. The number of carbonyl (C=O) groups is 1. The molecule has 136 valence electrons. The van der Waals surface area contributed by atoms with Gasteiger partial charge in [-0.2, -0.15) is 5.26 Å². The molecule has 0 radical (unpaired) electrons. The molecule has 1 aliphatic rings. The Hall–Kier alpha value is -2.11. The lowest BCUT2D eigenvalue weighted by molar-refractivity contribution is -0.130. The maximum absolute atomic E-state index is 12.4. The summed E-state index contributed by atoms with van der Waals surface area (Å²) in [4.78, 5) is 13.7. The Morgan fingerprint density at radius 3 is 2.68 bits per heavy atom. The highest BCUT2D eigenvalue weighted by atomic mass is 32.2. The zero-order valence-electron chi connectivity index (χ0n) is 14.3. The van der Waals surface area contributed by atoms with E-state index in [1.165, 1.54) is 18.2 Å². The van der Waals surface area contributed by atoms with E-state index in [2.05, 4.69) is 4.72 Å². The summed E-state index contributed by atoms with van der Waals surface area (Å²) in [6, 6.07) is 6.05. The van der Waals surface area contributed by atoms with E-state index in [-0.39, 0.29) is 22.9 Å². The van der Waals surface area contributed by atoms with Crippen LogP contribution in [0.4, 0.5) is 0 Å². The Kier molecular flexibility index (Phi) is 6.79. The van der Waals surface area contributed by atoms with Crippen LogP contribution in [-0.2, 0) is 14.8 Å². The summed E-state index contributed by atoms with van der Waals surface area (Å²) in [5.41, 5.74) is 0.152. The average Bonchev–Trinajstić information content (AvgIpc) is 2.65. The molecule has 0 spiro atoms. The molecule has 1 aromatic rings. The molecule has 0 atom stereocenters. The highest BCUT2D eigenvalue weighted by Gasteiger charge is 2.21. The number of likely N-dealkylation sites (tertiary alicyclic amines) is 1. The Morgan fingerprint density at radius 1 is 1.32 bits per heavy atom. The summed E-state index contributed by atoms with van der Waals surface area (Å²) in [6.07, 6.45) is 3.77. The second kappa shape index (κ2) is 8.83. The normalized spacial score (nSPS) is 14.8. The molecule has 0 aromatic heterocycles. The van der Waals surface area contributed by atoms with Gasteiger partial charge in [0, 0.05) is 13.1 Å². The van der Waals surface area contributed by atoms with E-state index in [0.717, 1.165) is 25.7 Å². The molecule has 8 heteroatoms. The SMILES string of the molecule is CCCOc1ccc(S(=O)(=O)NCC(=O)N2CCCCC2)cc1C#N. The first-order valence-corrected chi connectivity index (χ1v) is 9.90. The molecule has 1 amide bonds. The molecule has 1 saturated heterocycles. The van der Waals surface area contributed by atoms with Gasteiger partial charge in [-0.25, -0.2) is 13.1 Å². The van der Waals surface area contributed by atoms with Gasteiger partial charge in [0.15, 0.2) is 0 Å². The molecule has 2 rings (SSSR count). The van der Waals surface area contributed by atoms with E-state index in [1.54, 1.807) is 4.90 Å². The fraction of sp³-hybridized carbons (Fsp3) is 0.529. The molecular formula is C17H23N3O4S. The lowest BCUT2D eigenvalue weighted by Crippen LogP contribution is -2.42. The third-order valence-corrected chi connectivity index (χ3v) is 5.36. The summed E-state index contributed by atoms with van der Waals surface area (Å²) in [6.45, 7) is 3.45. The fourth-order valence-electron chi connectivity index (χ4n) is 2.60. The van der Waals surface area contributed by atoms with Gasteiger partial charge in [0.25, 0.3) is 0 Å². The number of nitrogens with zero attached hydrogens (tertiary/aromatic N) is 2. The fourth-order valence-corrected chi connectivity index (χ4v) is 3.60. The number of nitriles is 1. The van der Waals surface area contributed by atoms with E-state index in [0.29, 0.717) is 25.4 Å². The topological polar surface area (TPSA) is 99.5 Å². The predicted molar refractivity (Wildman–Crippen MR) is 92.6 cm³/mol. The van der Waals surface area contributed by atoms with Gasteiger partial charge in [0.1, 0.15) is 11.8 Å². The Bertz CT molecular complexity index is 750. The van der Waals surface area contributed by atoms with Crippen molar-refractivity contribution in [2.75, 3.05) is 26.2 Å². The smallest absolute Gasteiger partial charge is 0.241 e. The van der Waals surface area contributed by atoms with Crippen LogP contribution in [0.1, 0.15) is 38.2 Å². The summed E-state index contributed by atoms with van der Waals surface area (Å²) < 4.78 is 32.5. The Labute approximate surface area is 148 Å². The highest BCUT2D eigenvalue weighted by molar-refractivity contribution is 7.89. The highest BCUT2D eigenvalue weighted by Crippen LogP contribution is 2.22. The summed E-state index contributed by atoms with van der Waals surface area (Å²) in [7, 11) is -3.87. The average molecular weight is 365 g/mol. The van der Waals surface area contributed by atoms with E-state index in [9.17, 15) is 18.5 Å². The minimum absolute atomic E-state index is 0.0562. The molecule has 1 aromatic carbocycles. The van der Waals surface area contributed by atoms with Crippen molar-refractivity contribution in [2.45, 2.75) is 37.5 Å². The van der Waals surface area contributed by atoms with Crippen molar-refractivity contribution < 1.29 is 17.9 Å². The molecule has 0 saturated carbocycles. The number of sulfonamides is 1. The van der Waals surface area contributed by atoms with Crippen molar-refractivity contribution in [1.29, 1.82) is 5.26 Å². The molecule has 0 bridgehead atoms. The molecule has 1 heterocycles. The Morgan fingerprint density at radius 2 is 2.04 bits per heavy atom. The van der Waals surface area contributed by atoms with Crippen molar-refractivity contribution in [3.8, 4) is 11.8 Å². The van der Waals surface area contributed by atoms with E-state index in [4.69, 9.17) is 4.74 Å². The van der Waals surface area contributed by atoms with Crippen LogP contribution >= 0.6 is 0 Å². The van der Waals surface area contributed by atoms with Crippen molar-refractivity contribution in [3.63, 3.8) is 0 Å². The molecular weight excluding hydrogens is 342 g/mol. The van der Waals surface area contributed by atoms with Gasteiger partial charge < -0.3 is 9.64 Å². The minimum atomic E-state index is -3.87. The van der Waals surface area contributed by atoms with Crippen molar-refractivity contribution in [3.05, 3.63) is 23.8 Å². The second-order valence-electron chi connectivity index (χ2n) is 5.88. The number of piperidine rings is 1. The number of benzene rings is 1. The number of hydrogen-bond acceptors (Lipinski definition) is 5. The minimum Gasteiger partial charge on any atom is -0.492 e. The van der Waals surface area contributed by atoms with E-state index < -0.39 is 10.0 Å². The van der Waals surface area contributed by atoms with Crippen LogP contribution < -0.4 is 9.46 Å². The van der Waals surface area contributed by atoms with E-state index >= 15 is 0 Å². The lowest BCUT2D eigenvalue weighted by Gasteiger charge is -2.26. The van der Waals surface area contributed by atoms with Gasteiger partial charge in [-0.1, -0.05) is 6.92 Å². The Balaban J connectivity index is 2.05. The molecule has 7 nitrogen and oxygen atoms in total. The summed E-state index contributed by atoms with van der Waals surface area (Å²) in [5.74, 6) is 0.124. The maximum atomic E-state index is 12.4. The number of carbonyl (C=O) groups excluding carboxylic acids is 1. The first-order valence-electron chi connectivity index (χ1n) is 8.42. The summed E-state index contributed by atoms with van der Waals surface area (Å²) in [5, 5.41) is 9.19. The van der Waals surface area contributed by atoms with Crippen LogP contribution in [0.2, 0.25) is 0 Å². The quantitative estimate of drug-likeness (QED) is 0.792. The van der Waals surface area contributed by atoms with Crippen LogP contribution in [-0.4, -0.2) is 45.5 Å². The van der Waals surface area contributed by atoms with E-state index in [1.807, 2.05) is 13.0 Å². The third kappa shape index (κ3) is 5.18. The largest absolute Gasteiger partial charge is 0.492 e. The van der Waals surface area contributed by atoms with Gasteiger partial charge in [0.2, 0.25) is 15.9 Å². The van der Waals surface area contributed by atoms with Crippen LogP contribution in [0, 0.1) is 11.3 Å². The third-order valence-electron chi connectivity index (χ3n) is 3.97. The summed E-state index contributed by atoms with van der Waals surface area (Å²) >= 11 is 0. The number of nitrogens with one attached hydrogen (secondary N) is 1. The maximum Gasteiger partial charge on any atom is 0.241 e. The number of hydrogen-bond donors (Lipinski definition) is 1. The van der Waals surface area contributed by atoms with Gasteiger partial charge in [-0.05, 0) is 43.9 Å². The standard InChI is InChI=1S/C17H23N3O4S/c1-2-10-24-16-7-6-15(11-14(16)12-18)25(22,23)19-13-17(21)20-8-4-3-5-9-20/h6-7,11,19H,2-5,8-10,13H2,1H3. The van der Waals surface area contributed by atoms with Crippen molar-refractivity contribution in [2.24, 2.45) is 0 Å². The van der Waals surface area contributed by atoms with Crippen LogP contribution in [0.5, 0.6) is 5.75 Å². The zero-order chi connectivity index (χ0) is 18.3. The molecule has 1 aliphatic heterocycles. The zero-order valence-corrected chi connectivity index (χ0v) is 15.1. The monoisotopic (exact) mass is 365 g/mol. The van der Waals surface area contributed by atoms with Crippen LogP contribution in [0.3, 0.4) is 0 Å². The second-order valence-corrected chi connectivity index (χ2v) is 7.65. The lowest BCUT2D eigenvalue weighted by atomic mass is 10.1. The molecule has 1 N–H and O–H groups in total. The van der Waals surface area contributed by atoms with Gasteiger partial charge >= 0.3 is 0 Å². The van der Waals surface area contributed by atoms with Crippen molar-refractivity contribution in [1.82, 2.24) is 9.62 Å². The van der Waals surface area contributed by atoms with Gasteiger partial charge in [0.05, 0.1) is 23.6 Å². The van der Waals surface area contributed by atoms with Crippen LogP contribution in [0.15, 0.2) is 23.1 Å². The van der Waals surface area contributed by atoms with Gasteiger partial charge in [-0.3, -0.25) is 4.79 Å². The van der Waals surface area contributed by atoms with Gasteiger partial charge in [-0.15, -0.1) is 0 Å². The number of amides is 1. The molecule has 0 unspecified atom stereocenters. The number of ether oxygens (including phenoxy) is 1. The predicted octanol–water partition coefficient (Wildman–Crippen LogP) is 1.64. The molecule has 0 aliphatic carbocycles. The first-order chi connectivity index (χ1) is 12.0. The molecule has 25 heavy (non-hydrogen) atoms. The molecule has 1 fully saturated rings. The first kappa shape index (κ1) is 19.2. The van der Waals surface area contributed by atoms with Crippen LogP contribution in [0.25, 0.3) is 0 Å². The van der Waals surface area contributed by atoms with Crippen molar-refractivity contribution >= 4 is 15.9 Å².